The standard InChI is InChI=1S/C18H18N2O3/c21-18(19-11-1-2-12-19)16-7-3-14(4-8-16)13-15-5-9-17(10-6-15)20(22)23/h3-10H,1-2,11-13H2. The maximum atomic E-state index is 12.3. The van der Waals surface area contributed by atoms with Gasteiger partial charge >= 0.3 is 0 Å². The number of likely N-dealkylation sites (tertiary alicyclic amines) is 1. The second kappa shape index (κ2) is 6.60. The maximum Gasteiger partial charge on any atom is 0.269 e. The fourth-order valence-electron chi connectivity index (χ4n) is 2.84. The molecule has 0 saturated carbocycles. The first kappa shape index (κ1) is 15.2. The number of rotatable bonds is 4. The van der Waals surface area contributed by atoms with Gasteiger partial charge in [-0.3, -0.25) is 14.9 Å². The van der Waals surface area contributed by atoms with Gasteiger partial charge in [0.1, 0.15) is 0 Å². The van der Waals surface area contributed by atoms with Gasteiger partial charge in [0.25, 0.3) is 11.6 Å². The molecule has 0 aliphatic carbocycles. The molecule has 1 fully saturated rings. The van der Waals surface area contributed by atoms with Crippen LogP contribution in [0.3, 0.4) is 0 Å². The zero-order valence-corrected chi connectivity index (χ0v) is 12.8. The molecule has 1 heterocycles. The van der Waals surface area contributed by atoms with Crippen molar-refractivity contribution in [1.82, 2.24) is 4.90 Å². The minimum absolute atomic E-state index is 0.0975. The summed E-state index contributed by atoms with van der Waals surface area (Å²) in [6.45, 7) is 1.70. The van der Waals surface area contributed by atoms with Crippen molar-refractivity contribution < 1.29 is 9.72 Å². The van der Waals surface area contributed by atoms with Gasteiger partial charge in [0.05, 0.1) is 4.92 Å². The number of nitrogens with zero attached hydrogens (tertiary/aromatic N) is 2. The number of carbonyl (C=O) groups is 1. The van der Waals surface area contributed by atoms with Gasteiger partial charge in [0.2, 0.25) is 0 Å². The van der Waals surface area contributed by atoms with Crippen molar-refractivity contribution in [1.29, 1.82) is 0 Å². The fourth-order valence-corrected chi connectivity index (χ4v) is 2.84. The molecule has 0 spiro atoms. The predicted molar refractivity (Wildman–Crippen MR) is 87.5 cm³/mol. The van der Waals surface area contributed by atoms with Gasteiger partial charge in [-0.05, 0) is 42.5 Å². The molecule has 3 rings (SSSR count). The zero-order chi connectivity index (χ0) is 16.2. The third-order valence-corrected chi connectivity index (χ3v) is 4.15. The fraction of sp³-hybridized carbons (Fsp3) is 0.278. The Morgan fingerprint density at radius 3 is 2.00 bits per heavy atom. The summed E-state index contributed by atoms with van der Waals surface area (Å²) < 4.78 is 0. The van der Waals surface area contributed by atoms with E-state index in [9.17, 15) is 14.9 Å². The second-order valence-electron chi connectivity index (χ2n) is 5.80. The van der Waals surface area contributed by atoms with Crippen LogP contribution in [0.15, 0.2) is 48.5 Å². The van der Waals surface area contributed by atoms with Crippen LogP contribution in [0.2, 0.25) is 0 Å². The minimum Gasteiger partial charge on any atom is -0.339 e. The Hall–Kier alpha value is -2.69. The number of non-ortho nitro benzene ring substituents is 1. The van der Waals surface area contributed by atoms with Crippen molar-refractivity contribution in [2.45, 2.75) is 19.3 Å². The van der Waals surface area contributed by atoms with E-state index in [4.69, 9.17) is 0 Å². The average Bonchev–Trinajstić information content (AvgIpc) is 3.10. The Balaban J connectivity index is 1.67. The zero-order valence-electron chi connectivity index (χ0n) is 12.8. The largest absolute Gasteiger partial charge is 0.339 e. The Morgan fingerprint density at radius 2 is 1.48 bits per heavy atom. The number of nitro groups is 1. The second-order valence-corrected chi connectivity index (χ2v) is 5.80. The molecule has 0 unspecified atom stereocenters. The molecule has 5 nitrogen and oxygen atoms in total. The first-order chi connectivity index (χ1) is 11.1. The van der Waals surface area contributed by atoms with Crippen molar-refractivity contribution in [3.8, 4) is 0 Å². The van der Waals surface area contributed by atoms with Crippen molar-refractivity contribution in [2.24, 2.45) is 0 Å². The number of benzene rings is 2. The van der Waals surface area contributed by atoms with Gasteiger partial charge in [-0.15, -0.1) is 0 Å². The molecule has 1 aliphatic heterocycles. The van der Waals surface area contributed by atoms with Gasteiger partial charge in [-0.1, -0.05) is 24.3 Å². The summed E-state index contributed by atoms with van der Waals surface area (Å²) in [5, 5.41) is 10.7. The van der Waals surface area contributed by atoms with Crippen LogP contribution in [-0.2, 0) is 6.42 Å². The predicted octanol–water partition coefficient (Wildman–Crippen LogP) is 3.42. The molecule has 1 saturated heterocycles. The molecule has 118 valence electrons. The SMILES string of the molecule is O=C(c1ccc(Cc2ccc([N+](=O)[O-])cc2)cc1)N1CCCC1. The summed E-state index contributed by atoms with van der Waals surface area (Å²) in [4.78, 5) is 24.4. The summed E-state index contributed by atoms with van der Waals surface area (Å²) in [5.74, 6) is 0.101. The first-order valence-corrected chi connectivity index (χ1v) is 7.75. The molecule has 0 radical (unpaired) electrons. The van der Waals surface area contributed by atoms with E-state index in [1.807, 2.05) is 29.2 Å². The van der Waals surface area contributed by atoms with E-state index < -0.39 is 4.92 Å². The summed E-state index contributed by atoms with van der Waals surface area (Å²) >= 11 is 0. The van der Waals surface area contributed by atoms with Crippen LogP contribution in [0.1, 0.15) is 34.3 Å². The molecule has 2 aromatic carbocycles. The molecule has 0 atom stereocenters. The lowest BCUT2D eigenvalue weighted by Crippen LogP contribution is -2.27. The Labute approximate surface area is 134 Å². The topological polar surface area (TPSA) is 63.4 Å². The lowest BCUT2D eigenvalue weighted by Gasteiger charge is -2.15. The third-order valence-electron chi connectivity index (χ3n) is 4.15. The van der Waals surface area contributed by atoms with Crippen molar-refractivity contribution in [3.63, 3.8) is 0 Å². The van der Waals surface area contributed by atoms with Gasteiger partial charge in [0.15, 0.2) is 0 Å². The molecule has 1 amide bonds. The monoisotopic (exact) mass is 310 g/mol. The quantitative estimate of drug-likeness (QED) is 0.642. The van der Waals surface area contributed by atoms with Crippen molar-refractivity contribution >= 4 is 11.6 Å². The number of carbonyl (C=O) groups excluding carboxylic acids is 1. The van der Waals surface area contributed by atoms with E-state index in [0.29, 0.717) is 6.42 Å². The van der Waals surface area contributed by atoms with Crippen LogP contribution in [0.25, 0.3) is 0 Å². The van der Waals surface area contributed by atoms with Gasteiger partial charge in [-0.25, -0.2) is 0 Å². The minimum atomic E-state index is -0.400. The Morgan fingerprint density at radius 1 is 0.957 bits per heavy atom. The number of hydrogen-bond acceptors (Lipinski definition) is 3. The normalized spacial score (nSPS) is 14.0. The summed E-state index contributed by atoms with van der Waals surface area (Å²) in [6, 6.07) is 14.2. The van der Waals surface area contributed by atoms with Crippen LogP contribution in [-0.4, -0.2) is 28.8 Å². The molecular formula is C18H18N2O3. The van der Waals surface area contributed by atoms with E-state index in [1.54, 1.807) is 12.1 Å². The van der Waals surface area contributed by atoms with E-state index in [0.717, 1.165) is 42.6 Å². The number of hydrogen-bond donors (Lipinski definition) is 0. The highest BCUT2D eigenvalue weighted by atomic mass is 16.6. The van der Waals surface area contributed by atoms with E-state index in [1.165, 1.54) is 12.1 Å². The highest BCUT2D eigenvalue weighted by Gasteiger charge is 2.19. The van der Waals surface area contributed by atoms with Crippen LogP contribution >= 0.6 is 0 Å². The number of amides is 1. The van der Waals surface area contributed by atoms with E-state index in [-0.39, 0.29) is 11.6 Å². The van der Waals surface area contributed by atoms with Crippen LogP contribution < -0.4 is 0 Å². The molecule has 0 bridgehead atoms. The van der Waals surface area contributed by atoms with Crippen LogP contribution in [0.4, 0.5) is 5.69 Å². The summed E-state index contributed by atoms with van der Waals surface area (Å²) in [6.07, 6.45) is 2.87. The lowest BCUT2D eigenvalue weighted by atomic mass is 10.0. The highest BCUT2D eigenvalue weighted by molar-refractivity contribution is 5.94. The smallest absolute Gasteiger partial charge is 0.269 e. The van der Waals surface area contributed by atoms with Crippen molar-refractivity contribution in [3.05, 3.63) is 75.3 Å². The number of nitro benzene ring substituents is 1. The summed E-state index contributed by atoms with van der Waals surface area (Å²) in [5.41, 5.74) is 2.91. The first-order valence-electron chi connectivity index (χ1n) is 7.75. The molecule has 5 heteroatoms. The summed E-state index contributed by atoms with van der Waals surface area (Å²) in [7, 11) is 0. The molecule has 2 aromatic rings. The van der Waals surface area contributed by atoms with Crippen LogP contribution in [0, 0.1) is 10.1 Å². The highest BCUT2D eigenvalue weighted by Crippen LogP contribution is 2.17. The Kier molecular flexibility index (Phi) is 4.37. The lowest BCUT2D eigenvalue weighted by molar-refractivity contribution is -0.384. The average molecular weight is 310 g/mol. The van der Waals surface area contributed by atoms with Crippen molar-refractivity contribution in [2.75, 3.05) is 13.1 Å². The molecular weight excluding hydrogens is 292 g/mol. The third kappa shape index (κ3) is 3.56. The van der Waals surface area contributed by atoms with Crippen LogP contribution in [0.5, 0.6) is 0 Å². The van der Waals surface area contributed by atoms with Gasteiger partial charge < -0.3 is 4.90 Å². The van der Waals surface area contributed by atoms with Gasteiger partial charge in [0, 0.05) is 30.8 Å². The molecule has 0 N–H and O–H groups in total. The Bertz CT molecular complexity index is 702. The van der Waals surface area contributed by atoms with E-state index in [2.05, 4.69) is 0 Å². The molecule has 23 heavy (non-hydrogen) atoms. The van der Waals surface area contributed by atoms with E-state index >= 15 is 0 Å². The maximum absolute atomic E-state index is 12.3. The van der Waals surface area contributed by atoms with Gasteiger partial charge in [-0.2, -0.15) is 0 Å². The molecule has 1 aliphatic rings. The molecule has 0 aromatic heterocycles.